The van der Waals surface area contributed by atoms with Crippen molar-refractivity contribution in [1.29, 1.82) is 0 Å². The van der Waals surface area contributed by atoms with Gasteiger partial charge >= 0.3 is 5.97 Å². The van der Waals surface area contributed by atoms with Gasteiger partial charge in [0.15, 0.2) is 0 Å². The van der Waals surface area contributed by atoms with E-state index in [4.69, 9.17) is 4.74 Å². The van der Waals surface area contributed by atoms with Crippen LogP contribution >= 0.6 is 0 Å². The lowest BCUT2D eigenvalue weighted by Gasteiger charge is -2.38. The van der Waals surface area contributed by atoms with Crippen LogP contribution in [0.1, 0.15) is 72.1 Å². The van der Waals surface area contributed by atoms with Crippen molar-refractivity contribution in [3.05, 3.63) is 0 Å². The van der Waals surface area contributed by atoms with Crippen LogP contribution in [0, 0.1) is 29.6 Å². The van der Waals surface area contributed by atoms with E-state index in [1.807, 2.05) is 0 Å². The highest BCUT2D eigenvalue weighted by atomic mass is 16.6. The second-order valence-electron chi connectivity index (χ2n) is 7.98. The van der Waals surface area contributed by atoms with Gasteiger partial charge in [0.1, 0.15) is 5.60 Å². The van der Waals surface area contributed by atoms with E-state index < -0.39 is 0 Å². The molecule has 6 atom stereocenters. The largest absolute Gasteiger partial charge is 0.459 e. The minimum Gasteiger partial charge on any atom is -0.459 e. The summed E-state index contributed by atoms with van der Waals surface area (Å²) in [6.45, 7) is 6.72. The summed E-state index contributed by atoms with van der Waals surface area (Å²) in [7, 11) is 0. The summed E-state index contributed by atoms with van der Waals surface area (Å²) >= 11 is 0. The van der Waals surface area contributed by atoms with Gasteiger partial charge in [0, 0.05) is 0 Å². The molecule has 2 nitrogen and oxygen atoms in total. The highest BCUT2D eigenvalue weighted by molar-refractivity contribution is 5.73. The van der Waals surface area contributed by atoms with Crippen molar-refractivity contribution in [1.82, 2.24) is 0 Å². The topological polar surface area (TPSA) is 26.3 Å². The van der Waals surface area contributed by atoms with Gasteiger partial charge in [-0.1, -0.05) is 27.2 Å². The molecular weight excluding hydrogens is 248 g/mol. The molecule has 3 rings (SSSR count). The van der Waals surface area contributed by atoms with Crippen molar-refractivity contribution >= 4 is 5.97 Å². The molecule has 0 saturated heterocycles. The molecule has 2 heteroatoms. The van der Waals surface area contributed by atoms with Crippen LogP contribution in [0.15, 0.2) is 0 Å². The molecule has 0 N–H and O–H groups in total. The zero-order valence-corrected chi connectivity index (χ0v) is 13.4. The standard InChI is InChI=1S/C18H30O2/c1-4-7-18(11-14-5-6-15(18)10-14)20-17(19)16-9-12(2)8-13(16)3/h12-16H,4-11H2,1-3H3. The fourth-order valence-corrected chi connectivity index (χ4v) is 5.46. The highest BCUT2D eigenvalue weighted by Gasteiger charge is 2.53. The lowest BCUT2D eigenvalue weighted by molar-refractivity contribution is -0.173. The maximum atomic E-state index is 12.7. The normalized spacial score (nSPS) is 46.9. The fourth-order valence-electron chi connectivity index (χ4n) is 5.46. The Morgan fingerprint density at radius 2 is 2.00 bits per heavy atom. The average molecular weight is 278 g/mol. The molecule has 3 aliphatic carbocycles. The van der Waals surface area contributed by atoms with Crippen LogP contribution in [0.25, 0.3) is 0 Å². The first-order valence-corrected chi connectivity index (χ1v) is 8.77. The van der Waals surface area contributed by atoms with Crippen LogP contribution < -0.4 is 0 Å². The van der Waals surface area contributed by atoms with Gasteiger partial charge in [-0.3, -0.25) is 4.79 Å². The van der Waals surface area contributed by atoms with Crippen LogP contribution in [-0.2, 0) is 9.53 Å². The van der Waals surface area contributed by atoms with Crippen LogP contribution in [0.4, 0.5) is 0 Å². The first-order chi connectivity index (χ1) is 9.54. The number of ether oxygens (including phenoxy) is 1. The zero-order valence-electron chi connectivity index (χ0n) is 13.4. The molecular formula is C18H30O2. The van der Waals surface area contributed by atoms with Crippen molar-refractivity contribution in [2.75, 3.05) is 0 Å². The summed E-state index contributed by atoms with van der Waals surface area (Å²) < 4.78 is 6.24. The van der Waals surface area contributed by atoms with Crippen molar-refractivity contribution in [3.8, 4) is 0 Å². The molecule has 0 aliphatic heterocycles. The van der Waals surface area contributed by atoms with Crippen molar-refractivity contribution in [3.63, 3.8) is 0 Å². The summed E-state index contributed by atoms with van der Waals surface area (Å²) in [6.07, 6.45) is 9.55. The SMILES string of the molecule is CCCC1(OC(=O)C2CC(C)CC2C)CC2CCC1C2. The number of rotatable bonds is 4. The molecule has 3 aliphatic rings. The van der Waals surface area contributed by atoms with Crippen molar-refractivity contribution in [2.24, 2.45) is 29.6 Å². The molecule has 0 spiro atoms. The first-order valence-electron chi connectivity index (χ1n) is 8.77. The summed E-state index contributed by atoms with van der Waals surface area (Å²) in [5.41, 5.74) is -0.0830. The molecule has 0 heterocycles. The lowest BCUT2D eigenvalue weighted by atomic mass is 9.80. The Hall–Kier alpha value is -0.530. The fraction of sp³-hybridized carbons (Fsp3) is 0.944. The van der Waals surface area contributed by atoms with Gasteiger partial charge in [0.2, 0.25) is 0 Å². The Kier molecular flexibility index (Phi) is 3.85. The number of hydrogen-bond donors (Lipinski definition) is 0. The molecule has 0 radical (unpaired) electrons. The maximum Gasteiger partial charge on any atom is 0.309 e. The molecule has 0 aromatic carbocycles. The lowest BCUT2D eigenvalue weighted by Crippen LogP contribution is -2.42. The Morgan fingerprint density at radius 3 is 2.50 bits per heavy atom. The van der Waals surface area contributed by atoms with Crippen molar-refractivity contribution < 1.29 is 9.53 Å². The third-order valence-corrected chi connectivity index (χ3v) is 6.32. The van der Waals surface area contributed by atoms with E-state index in [1.165, 1.54) is 25.7 Å². The van der Waals surface area contributed by atoms with Gasteiger partial charge in [-0.2, -0.15) is 0 Å². The van der Waals surface area contributed by atoms with E-state index in [9.17, 15) is 4.79 Å². The molecule has 3 saturated carbocycles. The van der Waals surface area contributed by atoms with Gasteiger partial charge in [0.05, 0.1) is 5.92 Å². The van der Waals surface area contributed by atoms with E-state index in [-0.39, 0.29) is 17.5 Å². The predicted molar refractivity (Wildman–Crippen MR) is 80.2 cm³/mol. The highest BCUT2D eigenvalue weighted by Crippen LogP contribution is 2.55. The van der Waals surface area contributed by atoms with E-state index in [2.05, 4.69) is 20.8 Å². The number of fused-ring (bicyclic) bond motifs is 2. The molecule has 20 heavy (non-hydrogen) atoms. The zero-order chi connectivity index (χ0) is 14.3. The minimum absolute atomic E-state index is 0.0830. The number of carbonyl (C=O) groups excluding carboxylic acids is 1. The molecule has 0 aromatic heterocycles. The van der Waals surface area contributed by atoms with Crippen LogP contribution in [0.5, 0.6) is 0 Å². The van der Waals surface area contributed by atoms with Crippen LogP contribution in [0.3, 0.4) is 0 Å². The Balaban J connectivity index is 1.69. The molecule has 6 unspecified atom stereocenters. The smallest absolute Gasteiger partial charge is 0.309 e. The van der Waals surface area contributed by atoms with E-state index >= 15 is 0 Å². The van der Waals surface area contributed by atoms with E-state index in [0.717, 1.165) is 31.6 Å². The average Bonchev–Trinajstić information content (AvgIpc) is 3.04. The van der Waals surface area contributed by atoms with Crippen LogP contribution in [-0.4, -0.2) is 11.6 Å². The first kappa shape index (κ1) is 14.4. The maximum absolute atomic E-state index is 12.7. The Morgan fingerprint density at radius 1 is 1.20 bits per heavy atom. The summed E-state index contributed by atoms with van der Waals surface area (Å²) in [5.74, 6) is 2.98. The molecule has 2 bridgehead atoms. The quantitative estimate of drug-likeness (QED) is 0.704. The summed E-state index contributed by atoms with van der Waals surface area (Å²) in [4.78, 5) is 12.7. The number of carbonyl (C=O) groups is 1. The number of hydrogen-bond acceptors (Lipinski definition) is 2. The third-order valence-electron chi connectivity index (χ3n) is 6.32. The Bertz CT molecular complexity index is 378. The number of esters is 1. The molecule has 0 amide bonds. The minimum atomic E-state index is -0.0830. The third kappa shape index (κ3) is 2.40. The van der Waals surface area contributed by atoms with Gasteiger partial charge in [-0.05, 0) is 68.6 Å². The monoisotopic (exact) mass is 278 g/mol. The van der Waals surface area contributed by atoms with Gasteiger partial charge in [-0.25, -0.2) is 0 Å². The second kappa shape index (κ2) is 5.35. The molecule has 3 fully saturated rings. The second-order valence-corrected chi connectivity index (χ2v) is 7.98. The molecule has 114 valence electrons. The van der Waals surface area contributed by atoms with Gasteiger partial charge < -0.3 is 4.74 Å². The van der Waals surface area contributed by atoms with Gasteiger partial charge in [0.25, 0.3) is 0 Å². The van der Waals surface area contributed by atoms with Crippen LogP contribution in [0.2, 0.25) is 0 Å². The Labute approximate surface area is 123 Å². The van der Waals surface area contributed by atoms with Gasteiger partial charge in [-0.15, -0.1) is 0 Å². The van der Waals surface area contributed by atoms with E-state index in [0.29, 0.717) is 17.8 Å². The van der Waals surface area contributed by atoms with Crippen molar-refractivity contribution in [2.45, 2.75) is 77.7 Å². The summed E-state index contributed by atoms with van der Waals surface area (Å²) in [5, 5.41) is 0. The predicted octanol–water partition coefficient (Wildman–Crippen LogP) is 4.57. The molecule has 0 aromatic rings. The summed E-state index contributed by atoms with van der Waals surface area (Å²) in [6, 6.07) is 0. The van der Waals surface area contributed by atoms with E-state index in [1.54, 1.807) is 0 Å².